The third kappa shape index (κ3) is 123. The Labute approximate surface area is 196 Å². The molecule has 28 heavy (non-hydrogen) atoms. The van der Waals surface area contributed by atoms with Crippen molar-refractivity contribution in [3.05, 3.63) is 0 Å². The molecule has 6 nitrogen and oxygen atoms in total. The van der Waals surface area contributed by atoms with Gasteiger partial charge >= 0.3 is 13.4 Å². The zero-order chi connectivity index (χ0) is 22.2. The van der Waals surface area contributed by atoms with E-state index in [1.165, 1.54) is 83.5 Å². The summed E-state index contributed by atoms with van der Waals surface area (Å²) in [6.45, 7) is 1.37. The Morgan fingerprint density at radius 2 is 0.571 bits per heavy atom. The molecule has 0 unspecified atom stereocenters. The Morgan fingerprint density at radius 1 is 0.429 bits per heavy atom. The van der Waals surface area contributed by atoms with Gasteiger partial charge in [0.25, 0.3) is 0 Å². The van der Waals surface area contributed by atoms with Crippen molar-refractivity contribution in [1.82, 2.24) is 0 Å². The minimum Gasteiger partial charge on any atom is -0.325 e. The zero-order valence-corrected chi connectivity index (χ0v) is 24.7. The summed E-state index contributed by atoms with van der Waals surface area (Å²) in [5, 5.41) is 0. The summed E-state index contributed by atoms with van der Waals surface area (Å²) >= 11 is 7.21. The van der Waals surface area contributed by atoms with E-state index in [-0.39, 0.29) is 19.5 Å². The Bertz CT molecular complexity index is 306. The molecule has 0 radical (unpaired) electrons. The Hall–Kier alpha value is 1.68. The molecule has 0 rings (SSSR count). The predicted molar refractivity (Wildman–Crippen MR) is 125 cm³/mol. The molecule has 0 atom stereocenters. The van der Waals surface area contributed by atoms with E-state index in [1.54, 1.807) is 0 Å². The Kier molecular flexibility index (Phi) is 44.2. The quantitative estimate of drug-likeness (QED) is 0.117. The van der Waals surface area contributed by atoms with Crippen LogP contribution in [-0.2, 0) is 43.1 Å². The second-order valence-electron chi connectivity index (χ2n) is 6.21. The van der Waals surface area contributed by atoms with Crippen molar-refractivity contribution in [1.29, 1.82) is 0 Å². The molecule has 172 valence electrons. The van der Waals surface area contributed by atoms with Gasteiger partial charge in [0, 0.05) is 19.5 Å². The van der Waals surface area contributed by atoms with Crippen LogP contribution in [0.4, 0.5) is 0 Å². The van der Waals surface area contributed by atoms with Gasteiger partial charge in [-0.25, -0.2) is 0 Å². The van der Waals surface area contributed by atoms with Crippen LogP contribution < -0.4 is 0 Å². The van der Waals surface area contributed by atoms with Crippen LogP contribution in [0.2, 0.25) is 0 Å². The largest absolute Gasteiger partial charge is 0.325 e. The molecule has 0 bridgehead atoms. The smallest absolute Gasteiger partial charge is 0.319 e. The summed E-state index contributed by atoms with van der Waals surface area (Å²) in [6, 6.07) is 0. The first kappa shape index (κ1) is 40.1. The fourth-order valence-corrected chi connectivity index (χ4v) is 1.91. The van der Waals surface area contributed by atoms with Crippen molar-refractivity contribution in [3.63, 3.8) is 0 Å². The van der Waals surface area contributed by atoms with Crippen LogP contribution in [0.1, 0.15) is 111 Å². The average molecular weight is 536 g/mol. The molecule has 0 fully saturated rings. The first-order valence-electron chi connectivity index (χ1n) is 9.89. The Morgan fingerprint density at radius 3 is 0.679 bits per heavy atom. The van der Waals surface area contributed by atoms with Gasteiger partial charge in [0.2, 0.25) is 0 Å². The van der Waals surface area contributed by atoms with Gasteiger partial charge < -0.3 is 29.4 Å². The van der Waals surface area contributed by atoms with E-state index in [4.69, 9.17) is 29.4 Å². The molecule has 0 aliphatic heterocycles. The SMILES string of the molecule is CCCCC.CCCCCCCCCCCC.OP(O)(O)=S.OP(O)(O)=S.[Zn]. The zero-order valence-electron chi connectivity index (χ0n) is 18.3. The van der Waals surface area contributed by atoms with Crippen molar-refractivity contribution in [2.45, 2.75) is 111 Å². The standard InChI is InChI=1S/C12H26.C5H12.2H3O3PS.Zn/c1-3-5-7-9-11-12-10-8-6-4-2;1-3-5-4-2;2*1-4(2,3)5;/h3-12H2,1-2H3;3-5H2,1-2H3;2*(H3,1,2,3,5);. The van der Waals surface area contributed by atoms with Crippen LogP contribution in [0, 0.1) is 0 Å². The summed E-state index contributed by atoms with van der Waals surface area (Å²) in [7, 11) is 0. The molecule has 0 saturated carbocycles. The van der Waals surface area contributed by atoms with Gasteiger partial charge in [0.15, 0.2) is 0 Å². The van der Waals surface area contributed by atoms with Crippen LogP contribution in [0.3, 0.4) is 0 Å². The van der Waals surface area contributed by atoms with Gasteiger partial charge in [-0.05, 0) is 23.6 Å². The molecule has 6 N–H and O–H groups in total. The Balaban J connectivity index is -0.0000000927. The minimum absolute atomic E-state index is 0. The number of rotatable bonds is 11. The third-order valence-electron chi connectivity index (χ3n) is 3.16. The monoisotopic (exact) mass is 534 g/mol. The van der Waals surface area contributed by atoms with Crippen molar-refractivity contribution in [3.8, 4) is 0 Å². The van der Waals surface area contributed by atoms with Crippen molar-refractivity contribution >= 4 is 37.1 Å². The summed E-state index contributed by atoms with van der Waals surface area (Å²) in [6.07, 6.45) is 18.5. The second-order valence-corrected chi connectivity index (χ2v) is 11.2. The van der Waals surface area contributed by atoms with Crippen LogP contribution in [0.25, 0.3) is 0 Å². The molecule has 0 amide bonds. The van der Waals surface area contributed by atoms with E-state index in [9.17, 15) is 0 Å². The summed E-state index contributed by atoms with van der Waals surface area (Å²) in [5.41, 5.74) is 0. The predicted octanol–water partition coefficient (Wildman–Crippen LogP) is 5.50. The third-order valence-corrected chi connectivity index (χ3v) is 3.16. The van der Waals surface area contributed by atoms with E-state index < -0.39 is 13.4 Å². The molecule has 0 aromatic heterocycles. The number of unbranched alkanes of at least 4 members (excludes halogenated alkanes) is 11. The van der Waals surface area contributed by atoms with Gasteiger partial charge in [-0.1, -0.05) is 111 Å². The summed E-state index contributed by atoms with van der Waals surface area (Å²) < 4.78 is 0. The molecular weight excluding hydrogens is 492 g/mol. The maximum atomic E-state index is 7.56. The maximum absolute atomic E-state index is 7.56. The van der Waals surface area contributed by atoms with Gasteiger partial charge in [-0.15, -0.1) is 0 Å². The van der Waals surface area contributed by atoms with E-state index >= 15 is 0 Å². The van der Waals surface area contributed by atoms with Gasteiger partial charge in [0.1, 0.15) is 0 Å². The van der Waals surface area contributed by atoms with Crippen LogP contribution in [0.5, 0.6) is 0 Å². The molecule has 0 aliphatic rings. The number of hydrogen-bond acceptors (Lipinski definition) is 2. The van der Waals surface area contributed by atoms with E-state index in [0.717, 1.165) is 0 Å². The number of hydrogen-bond donors (Lipinski definition) is 6. The van der Waals surface area contributed by atoms with Crippen LogP contribution in [0.15, 0.2) is 0 Å². The fourth-order valence-electron chi connectivity index (χ4n) is 1.91. The van der Waals surface area contributed by atoms with Crippen molar-refractivity contribution < 1.29 is 48.8 Å². The molecular formula is C17H44O6P2S2Zn. The van der Waals surface area contributed by atoms with Gasteiger partial charge in [-0.3, -0.25) is 0 Å². The molecule has 0 heterocycles. The van der Waals surface area contributed by atoms with E-state index in [0.29, 0.717) is 0 Å². The maximum Gasteiger partial charge on any atom is 0.319 e. The van der Waals surface area contributed by atoms with E-state index in [1.807, 2.05) is 0 Å². The average Bonchev–Trinajstić information content (AvgIpc) is 2.48. The first-order valence-corrected chi connectivity index (χ1v) is 15.2. The van der Waals surface area contributed by atoms with Gasteiger partial charge in [-0.2, -0.15) is 0 Å². The minimum atomic E-state index is -3.81. The topological polar surface area (TPSA) is 121 Å². The van der Waals surface area contributed by atoms with Gasteiger partial charge in [0.05, 0.1) is 0 Å². The van der Waals surface area contributed by atoms with E-state index in [2.05, 4.69) is 51.3 Å². The van der Waals surface area contributed by atoms with Crippen LogP contribution in [-0.4, -0.2) is 29.4 Å². The van der Waals surface area contributed by atoms with Crippen molar-refractivity contribution in [2.75, 3.05) is 0 Å². The molecule has 0 aromatic rings. The normalized spacial score (nSPS) is 10.2. The molecule has 0 aliphatic carbocycles. The van der Waals surface area contributed by atoms with Crippen molar-refractivity contribution in [2.24, 2.45) is 0 Å². The molecule has 0 saturated heterocycles. The molecule has 0 aromatic carbocycles. The summed E-state index contributed by atoms with van der Waals surface area (Å²) in [4.78, 5) is 45.3. The molecule has 0 spiro atoms. The van der Waals surface area contributed by atoms with Crippen LogP contribution >= 0.6 is 13.4 Å². The molecule has 11 heteroatoms. The summed E-state index contributed by atoms with van der Waals surface area (Å²) in [5.74, 6) is 0. The second kappa shape index (κ2) is 30.9. The first-order chi connectivity index (χ1) is 12.3. The fraction of sp³-hybridized carbons (Fsp3) is 1.00.